The van der Waals surface area contributed by atoms with Gasteiger partial charge in [0.15, 0.2) is 5.82 Å². The Kier molecular flexibility index (Phi) is 10.7. The van der Waals surface area contributed by atoms with Crippen molar-refractivity contribution in [3.05, 3.63) is 95.7 Å². The van der Waals surface area contributed by atoms with Gasteiger partial charge in [-0.1, -0.05) is 24.3 Å². The predicted molar refractivity (Wildman–Crippen MR) is 230 cm³/mol. The van der Waals surface area contributed by atoms with Gasteiger partial charge in [0.1, 0.15) is 5.75 Å². The number of anilines is 3. The highest BCUT2D eigenvalue weighted by Crippen LogP contribution is 2.37. The molecule has 9 rings (SSSR count). The van der Waals surface area contributed by atoms with E-state index in [4.69, 9.17) is 5.73 Å². The van der Waals surface area contributed by atoms with Crippen LogP contribution >= 0.6 is 0 Å². The van der Waals surface area contributed by atoms with Crippen LogP contribution in [-0.2, 0) is 4.79 Å². The molecule has 4 fully saturated rings. The quantitative estimate of drug-likeness (QED) is 0.156. The summed E-state index contributed by atoms with van der Waals surface area (Å²) < 4.78 is 2.41. The number of piperidine rings is 3. The summed E-state index contributed by atoms with van der Waals surface area (Å²) in [4.78, 5) is 46.4. The van der Waals surface area contributed by atoms with Crippen molar-refractivity contribution in [1.29, 1.82) is 0 Å². The van der Waals surface area contributed by atoms with Gasteiger partial charge in [0, 0.05) is 105 Å². The molecule has 306 valence electrons. The Labute approximate surface area is 344 Å². The molecule has 3 aromatic carbocycles. The predicted octanol–water partition coefficient (Wildman–Crippen LogP) is 6.71. The number of hydrogen-bond acceptors (Lipinski definition) is 9. The number of carbonyl (C=O) groups is 3. The lowest BCUT2D eigenvalue weighted by Gasteiger charge is -2.38. The molecule has 4 saturated heterocycles. The standard InChI is InChI=1S/C46H53N9O4/c1-30-36-18-25-54(40(36)13-12-39(30)55-26-19-43(57)48-46(55)59)35-16-21-51(22-17-35)28-31-14-23-52(24-15-31)45(58)33-10-8-32(9-11-33)34-5-4-20-53(29-34)41-27-38(49-50-44(41)47)37-6-2-3-7-42(37)56/h2-3,6-13,18,25,27,31,34-35,56H,4-5,14-17,19-24,26,28-29H2,1H3,(H2,47,50)(H,48,57,59)/t34-/m0/s1. The van der Waals surface area contributed by atoms with E-state index in [1.165, 1.54) is 11.1 Å². The Morgan fingerprint density at radius 1 is 0.864 bits per heavy atom. The van der Waals surface area contributed by atoms with Crippen LogP contribution in [0.15, 0.2) is 79.0 Å². The molecule has 59 heavy (non-hydrogen) atoms. The van der Waals surface area contributed by atoms with E-state index in [2.05, 4.69) is 67.3 Å². The third-order valence-electron chi connectivity index (χ3n) is 13.2. The minimum absolute atomic E-state index is 0.115. The number of fused-ring (bicyclic) bond motifs is 1. The summed E-state index contributed by atoms with van der Waals surface area (Å²) in [7, 11) is 0. The summed E-state index contributed by atoms with van der Waals surface area (Å²) in [6.45, 7) is 8.87. The zero-order chi connectivity index (χ0) is 40.6. The number of nitrogen functional groups attached to an aromatic ring is 1. The van der Waals surface area contributed by atoms with Gasteiger partial charge in [-0.3, -0.25) is 19.8 Å². The second-order valence-corrected chi connectivity index (χ2v) is 16.8. The maximum absolute atomic E-state index is 13.6. The Morgan fingerprint density at radius 2 is 1.64 bits per heavy atom. The van der Waals surface area contributed by atoms with Gasteiger partial charge in [0.2, 0.25) is 5.91 Å². The molecule has 0 bridgehead atoms. The number of carbonyl (C=O) groups excluding carboxylic acids is 3. The molecule has 1 atom stereocenters. The molecule has 0 spiro atoms. The van der Waals surface area contributed by atoms with E-state index >= 15 is 0 Å². The van der Waals surface area contributed by atoms with Crippen LogP contribution in [0.3, 0.4) is 0 Å². The minimum atomic E-state index is -0.350. The number of hydrogen-bond donors (Lipinski definition) is 3. The maximum atomic E-state index is 13.6. The van der Waals surface area contributed by atoms with Crippen molar-refractivity contribution in [3.8, 4) is 17.0 Å². The minimum Gasteiger partial charge on any atom is -0.507 e. The molecule has 4 aliphatic heterocycles. The molecule has 0 aliphatic carbocycles. The van der Waals surface area contributed by atoms with Crippen molar-refractivity contribution in [2.24, 2.45) is 5.92 Å². The monoisotopic (exact) mass is 795 g/mol. The number of aromatic hydroxyl groups is 1. The van der Waals surface area contributed by atoms with Crippen molar-refractivity contribution in [2.75, 3.05) is 67.9 Å². The fourth-order valence-corrected chi connectivity index (χ4v) is 9.86. The lowest BCUT2D eigenvalue weighted by molar-refractivity contribution is -0.120. The number of benzene rings is 3. The summed E-state index contributed by atoms with van der Waals surface area (Å²) in [6, 6.07) is 23.6. The van der Waals surface area contributed by atoms with Crippen molar-refractivity contribution < 1.29 is 19.5 Å². The second-order valence-electron chi connectivity index (χ2n) is 16.8. The SMILES string of the molecule is Cc1c(N2CCC(=O)NC2=O)ccc2c1ccn2C1CCN(CC2CCN(C(=O)c3ccc([C@H]4CCCN(c5cc(-c6ccccc6O)nnc5N)C4)cc3)CC2)CC1. The molecule has 2 aromatic heterocycles. The first kappa shape index (κ1) is 38.6. The van der Waals surface area contributed by atoms with E-state index in [9.17, 15) is 19.5 Å². The first-order chi connectivity index (χ1) is 28.7. The molecule has 4 N–H and O–H groups in total. The average molecular weight is 796 g/mol. The largest absolute Gasteiger partial charge is 0.507 e. The van der Waals surface area contributed by atoms with Gasteiger partial charge in [-0.2, -0.15) is 0 Å². The number of nitrogens with zero attached hydrogens (tertiary/aromatic N) is 7. The van der Waals surface area contributed by atoms with E-state index in [1.54, 1.807) is 17.0 Å². The van der Waals surface area contributed by atoms with Crippen LogP contribution in [0, 0.1) is 12.8 Å². The normalized spacial score (nSPS) is 20.0. The first-order valence-electron chi connectivity index (χ1n) is 21.2. The third-order valence-corrected chi connectivity index (χ3v) is 13.2. The summed E-state index contributed by atoms with van der Waals surface area (Å²) in [5.41, 5.74) is 13.4. The van der Waals surface area contributed by atoms with E-state index in [0.717, 1.165) is 112 Å². The van der Waals surface area contributed by atoms with Crippen LogP contribution in [0.1, 0.15) is 78.4 Å². The average Bonchev–Trinajstić information content (AvgIpc) is 3.70. The number of para-hydroxylation sites is 1. The van der Waals surface area contributed by atoms with Gasteiger partial charge in [-0.15, -0.1) is 10.2 Å². The van der Waals surface area contributed by atoms with Gasteiger partial charge in [-0.05, 0) is 111 Å². The van der Waals surface area contributed by atoms with Crippen LogP contribution in [0.2, 0.25) is 0 Å². The number of imide groups is 1. The third kappa shape index (κ3) is 7.83. The van der Waals surface area contributed by atoms with Crippen LogP contribution < -0.4 is 20.9 Å². The van der Waals surface area contributed by atoms with Crippen molar-refractivity contribution in [2.45, 2.75) is 63.8 Å². The lowest BCUT2D eigenvalue weighted by atomic mass is 9.89. The van der Waals surface area contributed by atoms with Crippen LogP contribution in [0.25, 0.3) is 22.2 Å². The van der Waals surface area contributed by atoms with Crippen LogP contribution in [-0.4, -0.2) is 99.9 Å². The number of nitrogens with one attached hydrogen (secondary N) is 1. The Morgan fingerprint density at radius 3 is 2.41 bits per heavy atom. The van der Waals surface area contributed by atoms with Gasteiger partial charge in [0.25, 0.3) is 5.91 Å². The van der Waals surface area contributed by atoms with E-state index in [1.807, 2.05) is 41.3 Å². The molecule has 13 heteroatoms. The Balaban J connectivity index is 0.753. The molecular formula is C46H53N9O4. The lowest BCUT2D eigenvalue weighted by Crippen LogP contribution is -2.49. The Bertz CT molecular complexity index is 2360. The number of rotatable bonds is 8. The number of amides is 4. The number of nitrogens with two attached hydrogens (primary N) is 1. The number of likely N-dealkylation sites (tertiary alicyclic amines) is 2. The second kappa shape index (κ2) is 16.4. The molecule has 0 saturated carbocycles. The maximum Gasteiger partial charge on any atom is 0.328 e. The van der Waals surface area contributed by atoms with Gasteiger partial charge < -0.3 is 30.1 Å². The van der Waals surface area contributed by atoms with Gasteiger partial charge in [-0.25, -0.2) is 4.79 Å². The highest BCUT2D eigenvalue weighted by molar-refractivity contribution is 6.07. The van der Waals surface area contributed by atoms with Crippen molar-refractivity contribution >= 4 is 45.9 Å². The fraction of sp³-hybridized carbons (Fsp3) is 0.413. The molecule has 0 radical (unpaired) electrons. The molecule has 0 unspecified atom stereocenters. The fourth-order valence-electron chi connectivity index (χ4n) is 9.86. The van der Waals surface area contributed by atoms with Crippen LogP contribution in [0.4, 0.5) is 22.0 Å². The summed E-state index contributed by atoms with van der Waals surface area (Å²) in [5, 5.41) is 22.5. The van der Waals surface area contributed by atoms with Gasteiger partial charge >= 0.3 is 6.03 Å². The summed E-state index contributed by atoms with van der Waals surface area (Å²) in [5.74, 6) is 1.30. The first-order valence-corrected chi connectivity index (χ1v) is 21.2. The van der Waals surface area contributed by atoms with E-state index < -0.39 is 0 Å². The highest BCUT2D eigenvalue weighted by atomic mass is 16.3. The van der Waals surface area contributed by atoms with Crippen LogP contribution in [0.5, 0.6) is 5.75 Å². The Hall–Kier alpha value is -5.95. The molecule has 13 nitrogen and oxygen atoms in total. The highest BCUT2D eigenvalue weighted by Gasteiger charge is 2.30. The topological polar surface area (TPSA) is 153 Å². The van der Waals surface area contributed by atoms with E-state index in [0.29, 0.717) is 47.9 Å². The van der Waals surface area contributed by atoms with Crippen molar-refractivity contribution in [1.82, 2.24) is 29.9 Å². The zero-order valence-corrected chi connectivity index (χ0v) is 33.7. The number of aromatic nitrogens is 3. The molecule has 4 amide bonds. The molecule has 5 aromatic rings. The number of urea groups is 1. The van der Waals surface area contributed by atoms with E-state index in [-0.39, 0.29) is 23.6 Å². The number of phenolic OH excluding ortho intramolecular Hbond substituents is 1. The van der Waals surface area contributed by atoms with Gasteiger partial charge in [0.05, 0.1) is 11.4 Å². The molecule has 6 heterocycles. The number of phenols is 1. The molecule has 4 aliphatic rings. The number of aryl methyl sites for hydroxylation is 1. The smallest absolute Gasteiger partial charge is 0.328 e. The van der Waals surface area contributed by atoms with Crippen molar-refractivity contribution in [3.63, 3.8) is 0 Å². The summed E-state index contributed by atoms with van der Waals surface area (Å²) >= 11 is 0. The summed E-state index contributed by atoms with van der Waals surface area (Å²) in [6.07, 6.45) is 8.78. The zero-order valence-electron chi connectivity index (χ0n) is 33.7. The molecular weight excluding hydrogens is 743 g/mol.